The molecule has 0 saturated heterocycles. The normalized spacial score (nSPS) is 12.8. The third-order valence-corrected chi connectivity index (χ3v) is 7.24. The van der Waals surface area contributed by atoms with Crippen molar-refractivity contribution in [1.82, 2.24) is 34.7 Å². The van der Waals surface area contributed by atoms with Crippen LogP contribution in [0.15, 0.2) is 66.2 Å². The first-order chi connectivity index (χ1) is 20.8. The number of rotatable bonds is 10. The monoisotopic (exact) mass is 635 g/mol. The van der Waals surface area contributed by atoms with Gasteiger partial charge >= 0.3 is 12.8 Å². The molecular formula is C26H22F5N9O3S. The van der Waals surface area contributed by atoms with Crippen molar-refractivity contribution >= 4 is 32.6 Å². The van der Waals surface area contributed by atoms with E-state index in [1.54, 1.807) is 25.3 Å². The smallest absolute Gasteiger partial charge is 0.405 e. The van der Waals surface area contributed by atoms with Gasteiger partial charge in [0.05, 0.1) is 17.3 Å². The number of alkyl halides is 5. The lowest BCUT2D eigenvalue weighted by molar-refractivity contribution is -0.115. The molecule has 18 heteroatoms. The number of halogens is 5. The van der Waals surface area contributed by atoms with Crippen LogP contribution in [0.5, 0.6) is 5.75 Å². The van der Waals surface area contributed by atoms with E-state index >= 15 is 0 Å². The standard InChI is InChI=1S/C26H22F5N9O3S/c1-14(16-4-8-21(33-10-16)40-13-32-12-35-40)36-25-38-18-6-5-17(37-22(18)23(39-25)34-11-26(29,30)31)15-3-7-19(43-24(27)28)20(9-15)44(2,41)42/h3-10,12-14,24H,11H2,1-2H3,(H2,34,36,38,39)/t14-/m1/s1. The average molecular weight is 636 g/mol. The molecule has 5 aromatic rings. The Morgan fingerprint density at radius 2 is 1.84 bits per heavy atom. The van der Waals surface area contributed by atoms with Gasteiger partial charge in [0.2, 0.25) is 5.95 Å². The van der Waals surface area contributed by atoms with Gasteiger partial charge in [0, 0.05) is 18.0 Å². The maximum Gasteiger partial charge on any atom is 0.405 e. The zero-order chi connectivity index (χ0) is 31.6. The molecule has 2 N–H and O–H groups in total. The molecule has 0 amide bonds. The Labute approximate surface area is 246 Å². The summed E-state index contributed by atoms with van der Waals surface area (Å²) < 4.78 is 95.4. The minimum Gasteiger partial charge on any atom is -0.433 e. The minimum absolute atomic E-state index is 0.00237. The second-order valence-corrected chi connectivity index (χ2v) is 11.4. The number of fused-ring (bicyclic) bond motifs is 1. The second kappa shape index (κ2) is 11.9. The highest BCUT2D eigenvalue weighted by Gasteiger charge is 2.28. The number of sulfone groups is 1. The average Bonchev–Trinajstić information content (AvgIpc) is 3.50. The zero-order valence-corrected chi connectivity index (χ0v) is 23.6. The van der Waals surface area contributed by atoms with E-state index in [-0.39, 0.29) is 34.1 Å². The van der Waals surface area contributed by atoms with Gasteiger partial charge in [-0.15, -0.1) is 0 Å². The van der Waals surface area contributed by atoms with Crippen LogP contribution in [-0.2, 0) is 9.84 Å². The Morgan fingerprint density at radius 3 is 2.48 bits per heavy atom. The Hall–Kier alpha value is -5.00. The summed E-state index contributed by atoms with van der Waals surface area (Å²) in [5.74, 6) is -0.279. The van der Waals surface area contributed by atoms with E-state index in [2.05, 4.69) is 45.4 Å². The van der Waals surface area contributed by atoms with Crippen molar-refractivity contribution in [3.63, 3.8) is 0 Å². The second-order valence-electron chi connectivity index (χ2n) is 9.40. The molecule has 12 nitrogen and oxygen atoms in total. The summed E-state index contributed by atoms with van der Waals surface area (Å²) in [6.45, 7) is -2.91. The molecule has 0 saturated carbocycles. The summed E-state index contributed by atoms with van der Waals surface area (Å²) >= 11 is 0. The first kappa shape index (κ1) is 30.5. The van der Waals surface area contributed by atoms with Gasteiger partial charge in [0.25, 0.3) is 0 Å². The van der Waals surface area contributed by atoms with Crippen molar-refractivity contribution in [1.29, 1.82) is 0 Å². The highest BCUT2D eigenvalue weighted by Crippen LogP contribution is 2.32. The number of anilines is 2. The number of aromatic nitrogens is 7. The third-order valence-electron chi connectivity index (χ3n) is 6.12. The number of nitrogens with one attached hydrogen (secondary N) is 2. The van der Waals surface area contributed by atoms with Crippen LogP contribution in [0.1, 0.15) is 18.5 Å². The van der Waals surface area contributed by atoms with Crippen molar-refractivity contribution in [2.45, 2.75) is 30.6 Å². The van der Waals surface area contributed by atoms with E-state index in [0.717, 1.165) is 24.0 Å². The SMILES string of the molecule is C[C@@H](Nc1nc(NCC(F)(F)F)c2nc(-c3ccc(OC(F)F)c(S(C)(=O)=O)c3)ccc2n1)c1ccc(-n2cncn2)nc1. The van der Waals surface area contributed by atoms with Crippen LogP contribution in [0.3, 0.4) is 0 Å². The van der Waals surface area contributed by atoms with E-state index in [9.17, 15) is 30.4 Å². The lowest BCUT2D eigenvalue weighted by Crippen LogP contribution is -2.22. The van der Waals surface area contributed by atoms with Crippen molar-refractivity contribution < 1.29 is 35.1 Å². The molecule has 0 aliphatic carbocycles. The van der Waals surface area contributed by atoms with Crippen LogP contribution in [-0.4, -0.2) is 68.7 Å². The number of pyridine rings is 2. The predicted molar refractivity (Wildman–Crippen MR) is 148 cm³/mol. The molecule has 0 radical (unpaired) electrons. The highest BCUT2D eigenvalue weighted by molar-refractivity contribution is 7.90. The van der Waals surface area contributed by atoms with Crippen molar-refractivity contribution in [2.75, 3.05) is 23.4 Å². The van der Waals surface area contributed by atoms with Crippen LogP contribution in [0.25, 0.3) is 28.1 Å². The fourth-order valence-corrected chi connectivity index (χ4v) is 4.91. The fourth-order valence-electron chi connectivity index (χ4n) is 4.09. The molecule has 5 rings (SSSR count). The van der Waals surface area contributed by atoms with Gasteiger partial charge in [0.15, 0.2) is 21.5 Å². The van der Waals surface area contributed by atoms with Crippen LogP contribution in [0.2, 0.25) is 0 Å². The zero-order valence-electron chi connectivity index (χ0n) is 22.8. The molecule has 44 heavy (non-hydrogen) atoms. The summed E-state index contributed by atoms with van der Waals surface area (Å²) in [5, 5.41) is 9.30. The maximum absolute atomic E-state index is 13.2. The lowest BCUT2D eigenvalue weighted by atomic mass is 10.1. The van der Waals surface area contributed by atoms with Gasteiger partial charge in [0.1, 0.15) is 35.4 Å². The number of hydrogen-bond donors (Lipinski definition) is 2. The molecule has 1 aromatic carbocycles. The van der Waals surface area contributed by atoms with Crippen molar-refractivity contribution in [3.8, 4) is 22.8 Å². The van der Waals surface area contributed by atoms with Gasteiger partial charge in [-0.3, -0.25) is 0 Å². The first-order valence-corrected chi connectivity index (χ1v) is 14.5. The van der Waals surface area contributed by atoms with Gasteiger partial charge in [-0.2, -0.15) is 32.0 Å². The fraction of sp³-hybridized carbons (Fsp3) is 0.231. The lowest BCUT2D eigenvalue weighted by Gasteiger charge is -2.17. The van der Waals surface area contributed by atoms with Crippen LogP contribution in [0, 0.1) is 0 Å². The molecule has 4 heterocycles. The van der Waals surface area contributed by atoms with Gasteiger partial charge in [-0.05, 0) is 48.9 Å². The topological polar surface area (TPSA) is 150 Å². The number of hydrogen-bond acceptors (Lipinski definition) is 11. The summed E-state index contributed by atoms with van der Waals surface area (Å²) in [6.07, 6.45) is 0.686. The number of nitrogens with zero attached hydrogens (tertiary/aromatic N) is 7. The van der Waals surface area contributed by atoms with Gasteiger partial charge < -0.3 is 15.4 Å². The van der Waals surface area contributed by atoms with Crippen molar-refractivity contribution in [2.24, 2.45) is 0 Å². The molecule has 0 aliphatic rings. The van der Waals surface area contributed by atoms with Crippen molar-refractivity contribution in [3.05, 3.63) is 66.9 Å². The van der Waals surface area contributed by atoms with Crippen LogP contribution < -0.4 is 15.4 Å². The molecule has 4 aromatic heterocycles. The highest BCUT2D eigenvalue weighted by atomic mass is 32.2. The molecule has 230 valence electrons. The van der Waals surface area contributed by atoms with Gasteiger partial charge in [-0.1, -0.05) is 6.07 Å². The van der Waals surface area contributed by atoms with Crippen LogP contribution >= 0.6 is 0 Å². The Balaban J connectivity index is 1.49. The molecule has 0 fully saturated rings. The largest absolute Gasteiger partial charge is 0.433 e. The van der Waals surface area contributed by atoms with E-state index in [4.69, 9.17) is 0 Å². The maximum atomic E-state index is 13.2. The minimum atomic E-state index is -4.59. The number of ether oxygens (including phenoxy) is 1. The molecule has 0 bridgehead atoms. The summed E-state index contributed by atoms with van der Waals surface area (Å²) in [4.78, 5) is 20.7. The van der Waals surface area contributed by atoms with E-state index in [1.165, 1.54) is 35.5 Å². The Bertz CT molecular complexity index is 1890. The molecule has 1 atom stereocenters. The first-order valence-electron chi connectivity index (χ1n) is 12.6. The summed E-state index contributed by atoms with van der Waals surface area (Å²) in [7, 11) is -4.01. The quantitative estimate of drug-likeness (QED) is 0.203. The van der Waals surface area contributed by atoms with E-state index in [0.29, 0.717) is 5.82 Å². The van der Waals surface area contributed by atoms with Crippen LogP contribution in [0.4, 0.5) is 33.7 Å². The van der Waals surface area contributed by atoms with E-state index < -0.39 is 45.9 Å². The summed E-state index contributed by atoms with van der Waals surface area (Å²) in [6, 6.07) is 9.42. The molecule has 0 spiro atoms. The predicted octanol–water partition coefficient (Wildman–Crippen LogP) is 4.82. The Kier molecular flexibility index (Phi) is 8.27. The third kappa shape index (κ3) is 7.13. The molecule has 0 aliphatic heterocycles. The van der Waals surface area contributed by atoms with Gasteiger partial charge in [-0.25, -0.2) is 33.0 Å². The molecular weight excluding hydrogens is 613 g/mol. The van der Waals surface area contributed by atoms with E-state index in [1.807, 2.05) is 0 Å². The Morgan fingerprint density at radius 1 is 1.05 bits per heavy atom. The number of benzene rings is 1. The molecule has 0 unspecified atom stereocenters. The summed E-state index contributed by atoms with van der Waals surface area (Å²) in [5.41, 5.74) is 1.14.